The van der Waals surface area contributed by atoms with Gasteiger partial charge in [-0.1, -0.05) is 0 Å². The first-order chi connectivity index (χ1) is 14.3. The number of nitrogens with one attached hydrogen (secondary N) is 1. The van der Waals surface area contributed by atoms with Crippen molar-refractivity contribution in [1.82, 2.24) is 14.9 Å². The van der Waals surface area contributed by atoms with Crippen LogP contribution in [0.15, 0.2) is 24.4 Å². The average Bonchev–Trinajstić information content (AvgIpc) is 3.24. The van der Waals surface area contributed by atoms with Crippen LogP contribution in [0.4, 0.5) is 17.5 Å². The summed E-state index contributed by atoms with van der Waals surface area (Å²) in [4.78, 5) is 14.3. The lowest BCUT2D eigenvalue weighted by atomic mass is 10.0. The number of fused-ring (bicyclic) bond motifs is 1. The average molecular weight is 397 g/mol. The van der Waals surface area contributed by atoms with E-state index in [1.54, 1.807) is 0 Å². The maximum Gasteiger partial charge on any atom is 0.231 e. The van der Waals surface area contributed by atoms with E-state index in [1.165, 1.54) is 0 Å². The van der Waals surface area contributed by atoms with Crippen molar-refractivity contribution in [3.63, 3.8) is 0 Å². The highest BCUT2D eigenvalue weighted by atomic mass is 16.7. The number of morpholine rings is 1. The van der Waals surface area contributed by atoms with Crippen molar-refractivity contribution in [3.05, 3.63) is 30.0 Å². The molecule has 29 heavy (non-hydrogen) atoms. The molecule has 2 saturated heterocycles. The molecular weight excluding hydrogens is 370 g/mol. The molecule has 8 heteroatoms. The number of hydrogen-bond acceptors (Lipinski definition) is 8. The quantitative estimate of drug-likeness (QED) is 0.844. The van der Waals surface area contributed by atoms with E-state index in [4.69, 9.17) is 19.2 Å². The van der Waals surface area contributed by atoms with Gasteiger partial charge in [-0.25, -0.2) is 4.98 Å². The van der Waals surface area contributed by atoms with Gasteiger partial charge in [-0.3, -0.25) is 4.90 Å². The number of aryl methyl sites for hydroxylation is 1. The molecule has 1 aromatic carbocycles. The Labute approximate surface area is 170 Å². The number of piperidine rings is 1. The Balaban J connectivity index is 1.26. The van der Waals surface area contributed by atoms with Gasteiger partial charge in [-0.05, 0) is 31.9 Å². The normalized spacial score (nSPS) is 20.1. The number of aromatic nitrogens is 2. The Morgan fingerprint density at radius 2 is 1.83 bits per heavy atom. The predicted octanol–water partition coefficient (Wildman–Crippen LogP) is 2.56. The van der Waals surface area contributed by atoms with Crippen molar-refractivity contribution < 1.29 is 14.2 Å². The molecule has 8 nitrogen and oxygen atoms in total. The topological polar surface area (TPSA) is 72.0 Å². The van der Waals surface area contributed by atoms with E-state index < -0.39 is 0 Å². The van der Waals surface area contributed by atoms with Crippen molar-refractivity contribution in [2.75, 3.05) is 56.4 Å². The van der Waals surface area contributed by atoms with E-state index >= 15 is 0 Å². The van der Waals surface area contributed by atoms with Gasteiger partial charge in [0.05, 0.1) is 13.2 Å². The van der Waals surface area contributed by atoms with Crippen molar-refractivity contribution in [3.8, 4) is 11.5 Å². The SMILES string of the molecule is Cc1cnc(N2CCC(N3CCOCC3)CC2)nc1Nc1ccc2c(c1)OCO2. The van der Waals surface area contributed by atoms with E-state index in [0.29, 0.717) is 6.04 Å². The van der Waals surface area contributed by atoms with Gasteiger partial charge in [0.25, 0.3) is 0 Å². The lowest BCUT2D eigenvalue weighted by molar-refractivity contribution is 0.0114. The molecular formula is C21H27N5O3. The minimum atomic E-state index is 0.274. The van der Waals surface area contributed by atoms with Crippen LogP contribution in [0, 0.1) is 6.92 Å². The first-order valence-corrected chi connectivity index (χ1v) is 10.3. The molecule has 154 valence electrons. The summed E-state index contributed by atoms with van der Waals surface area (Å²) in [5.74, 6) is 3.15. The molecule has 0 saturated carbocycles. The summed E-state index contributed by atoms with van der Waals surface area (Å²) >= 11 is 0. The van der Waals surface area contributed by atoms with Gasteiger partial charge < -0.3 is 24.4 Å². The summed E-state index contributed by atoms with van der Waals surface area (Å²) in [6.07, 6.45) is 4.18. The van der Waals surface area contributed by atoms with Crippen LogP contribution in [-0.4, -0.2) is 67.1 Å². The second-order valence-electron chi connectivity index (χ2n) is 7.76. The summed E-state index contributed by atoms with van der Waals surface area (Å²) < 4.78 is 16.3. The van der Waals surface area contributed by atoms with E-state index in [2.05, 4.69) is 20.1 Å². The van der Waals surface area contributed by atoms with Crippen molar-refractivity contribution in [2.45, 2.75) is 25.8 Å². The third-order valence-electron chi connectivity index (χ3n) is 5.90. The molecule has 0 spiro atoms. The molecule has 0 radical (unpaired) electrons. The lowest BCUT2D eigenvalue weighted by Gasteiger charge is -2.40. The van der Waals surface area contributed by atoms with E-state index in [9.17, 15) is 0 Å². The fourth-order valence-electron chi connectivity index (χ4n) is 4.20. The monoisotopic (exact) mass is 397 g/mol. The van der Waals surface area contributed by atoms with Crippen LogP contribution < -0.4 is 19.7 Å². The zero-order valence-electron chi connectivity index (χ0n) is 16.8. The van der Waals surface area contributed by atoms with Crippen molar-refractivity contribution in [1.29, 1.82) is 0 Å². The van der Waals surface area contributed by atoms with Gasteiger partial charge in [0.2, 0.25) is 12.7 Å². The first kappa shape index (κ1) is 18.4. The van der Waals surface area contributed by atoms with Crippen molar-refractivity contribution >= 4 is 17.5 Å². The standard InChI is InChI=1S/C21H27N5O3/c1-15-13-22-21(26-6-4-17(5-7-26)25-8-10-27-11-9-25)24-20(15)23-16-2-3-18-19(12-16)29-14-28-18/h2-3,12-13,17H,4-11,14H2,1H3,(H,22,23,24). The second kappa shape index (κ2) is 8.04. The van der Waals surface area contributed by atoms with Crippen LogP contribution >= 0.6 is 0 Å². The van der Waals surface area contributed by atoms with E-state index in [-0.39, 0.29) is 6.79 Å². The second-order valence-corrected chi connectivity index (χ2v) is 7.76. The molecule has 3 aliphatic rings. The van der Waals surface area contributed by atoms with Crippen LogP contribution in [0.1, 0.15) is 18.4 Å². The molecule has 3 aliphatic heterocycles. The highest BCUT2D eigenvalue weighted by molar-refractivity contribution is 5.64. The van der Waals surface area contributed by atoms with Gasteiger partial charge in [0, 0.05) is 55.7 Å². The molecule has 0 aliphatic carbocycles. The number of hydrogen-bond donors (Lipinski definition) is 1. The lowest BCUT2D eigenvalue weighted by Crippen LogP contribution is -2.49. The summed E-state index contributed by atoms with van der Waals surface area (Å²) in [6.45, 7) is 8.07. The zero-order valence-corrected chi connectivity index (χ0v) is 16.8. The number of nitrogens with zero attached hydrogens (tertiary/aromatic N) is 4. The maximum absolute atomic E-state index is 5.48. The highest BCUT2D eigenvalue weighted by Gasteiger charge is 2.27. The molecule has 2 fully saturated rings. The molecule has 4 heterocycles. The van der Waals surface area contributed by atoms with Crippen LogP contribution in [0.25, 0.3) is 0 Å². The minimum Gasteiger partial charge on any atom is -0.454 e. The largest absolute Gasteiger partial charge is 0.454 e. The van der Waals surface area contributed by atoms with Gasteiger partial charge >= 0.3 is 0 Å². The van der Waals surface area contributed by atoms with Crippen LogP contribution in [0.5, 0.6) is 11.5 Å². The summed E-state index contributed by atoms with van der Waals surface area (Å²) in [7, 11) is 0. The summed E-state index contributed by atoms with van der Waals surface area (Å²) in [5.41, 5.74) is 1.93. The molecule has 1 N–H and O–H groups in total. The van der Waals surface area contributed by atoms with Crippen LogP contribution in [0.3, 0.4) is 0 Å². The third-order valence-corrected chi connectivity index (χ3v) is 5.90. The molecule has 5 rings (SSSR count). The molecule has 0 atom stereocenters. The molecule has 2 aromatic rings. The van der Waals surface area contributed by atoms with Gasteiger partial charge in [-0.2, -0.15) is 4.98 Å². The third kappa shape index (κ3) is 3.95. The highest BCUT2D eigenvalue weighted by Crippen LogP contribution is 2.35. The van der Waals surface area contributed by atoms with Gasteiger partial charge in [0.15, 0.2) is 11.5 Å². The van der Waals surface area contributed by atoms with Gasteiger partial charge in [-0.15, -0.1) is 0 Å². The minimum absolute atomic E-state index is 0.274. The predicted molar refractivity (Wildman–Crippen MR) is 110 cm³/mol. The number of ether oxygens (including phenoxy) is 3. The van der Waals surface area contributed by atoms with E-state index in [1.807, 2.05) is 31.3 Å². The Bertz CT molecular complexity index is 863. The Hall–Kier alpha value is -2.58. The maximum atomic E-state index is 5.48. The molecule has 1 aromatic heterocycles. The van der Waals surface area contributed by atoms with Crippen molar-refractivity contribution in [2.24, 2.45) is 0 Å². The fraction of sp³-hybridized carbons (Fsp3) is 0.524. The van der Waals surface area contributed by atoms with Gasteiger partial charge in [0.1, 0.15) is 5.82 Å². The van der Waals surface area contributed by atoms with E-state index in [0.717, 1.165) is 86.8 Å². The first-order valence-electron chi connectivity index (χ1n) is 10.3. The van der Waals surface area contributed by atoms with Crippen LogP contribution in [-0.2, 0) is 4.74 Å². The Kier molecular flexibility index (Phi) is 5.12. The number of benzene rings is 1. The fourth-order valence-corrected chi connectivity index (χ4v) is 4.20. The smallest absolute Gasteiger partial charge is 0.231 e. The Morgan fingerprint density at radius 1 is 1.03 bits per heavy atom. The molecule has 0 bridgehead atoms. The van der Waals surface area contributed by atoms with Crippen LogP contribution in [0.2, 0.25) is 0 Å². The number of anilines is 3. The summed E-state index contributed by atoms with van der Waals surface area (Å²) in [5, 5.41) is 3.41. The number of rotatable bonds is 4. The molecule has 0 unspecified atom stereocenters. The summed E-state index contributed by atoms with van der Waals surface area (Å²) in [6, 6.07) is 6.48. The Morgan fingerprint density at radius 3 is 2.66 bits per heavy atom. The zero-order chi connectivity index (χ0) is 19.6. The molecule has 0 amide bonds.